The van der Waals surface area contributed by atoms with E-state index in [1.807, 2.05) is 30.3 Å². The highest BCUT2D eigenvalue weighted by Crippen LogP contribution is 2.40. The average Bonchev–Trinajstić information content (AvgIpc) is 2.71. The molecule has 0 saturated carbocycles. The summed E-state index contributed by atoms with van der Waals surface area (Å²) < 4.78 is 1.62. The molecular weight excluding hydrogens is 374 g/mol. The van der Waals surface area contributed by atoms with Crippen molar-refractivity contribution in [1.82, 2.24) is 15.1 Å². The molecule has 28 heavy (non-hydrogen) atoms. The number of fused-ring (bicyclic) bond motifs is 3. The van der Waals surface area contributed by atoms with E-state index in [4.69, 9.17) is 0 Å². The third-order valence-electron chi connectivity index (χ3n) is 4.47. The summed E-state index contributed by atoms with van der Waals surface area (Å²) in [5, 5.41) is 18.0. The van der Waals surface area contributed by atoms with Crippen molar-refractivity contribution in [2.45, 2.75) is 31.6 Å². The first-order valence-electron chi connectivity index (χ1n) is 9.04. The number of nitrogens with zero attached hydrogens (tertiary/aromatic N) is 5. The van der Waals surface area contributed by atoms with Crippen LogP contribution in [0.2, 0.25) is 0 Å². The SMILES string of the molecule is CCCSc1nc([O-])c2[n+](n1)C(c1cccnc1)N(C(C)=O)c1ccccc1-2. The number of carbonyl (C=O) groups excluding carboxylic acids is 1. The summed E-state index contributed by atoms with van der Waals surface area (Å²) in [5.41, 5.74) is 2.46. The molecule has 1 unspecified atom stereocenters. The van der Waals surface area contributed by atoms with Crippen LogP contribution in [0.25, 0.3) is 11.3 Å². The summed E-state index contributed by atoms with van der Waals surface area (Å²) in [6.45, 7) is 3.57. The zero-order valence-corrected chi connectivity index (χ0v) is 16.4. The summed E-state index contributed by atoms with van der Waals surface area (Å²) in [6, 6.07) is 11.0. The van der Waals surface area contributed by atoms with Crippen LogP contribution in [0, 0.1) is 0 Å². The van der Waals surface area contributed by atoms with Crippen molar-refractivity contribution in [1.29, 1.82) is 0 Å². The van der Waals surface area contributed by atoms with Gasteiger partial charge < -0.3 is 5.11 Å². The van der Waals surface area contributed by atoms with E-state index in [0.29, 0.717) is 22.1 Å². The molecule has 1 amide bonds. The van der Waals surface area contributed by atoms with Gasteiger partial charge in [0.2, 0.25) is 5.91 Å². The topological polar surface area (TPSA) is 85.9 Å². The molecule has 1 atom stereocenters. The normalized spacial score (nSPS) is 15.1. The lowest BCUT2D eigenvalue weighted by Gasteiger charge is -2.32. The highest BCUT2D eigenvalue weighted by Gasteiger charge is 2.43. The number of anilines is 1. The second-order valence-electron chi connectivity index (χ2n) is 6.41. The number of benzene rings is 1. The summed E-state index contributed by atoms with van der Waals surface area (Å²) in [4.78, 5) is 22.7. The van der Waals surface area contributed by atoms with E-state index in [9.17, 15) is 9.90 Å². The Bertz CT molecular complexity index is 1030. The van der Waals surface area contributed by atoms with Crippen molar-refractivity contribution >= 4 is 23.4 Å². The van der Waals surface area contributed by atoms with Crippen molar-refractivity contribution < 1.29 is 14.6 Å². The minimum atomic E-state index is -0.604. The van der Waals surface area contributed by atoms with Crippen molar-refractivity contribution in [3.8, 4) is 17.1 Å². The molecule has 4 rings (SSSR count). The number of rotatable bonds is 4. The van der Waals surface area contributed by atoms with Gasteiger partial charge in [0.05, 0.1) is 22.7 Å². The van der Waals surface area contributed by atoms with Crippen LogP contribution in [0.15, 0.2) is 53.9 Å². The van der Waals surface area contributed by atoms with Gasteiger partial charge in [-0.15, -0.1) is 0 Å². The van der Waals surface area contributed by atoms with Crippen molar-refractivity contribution in [2.24, 2.45) is 0 Å². The second kappa shape index (κ2) is 7.55. The van der Waals surface area contributed by atoms with Crippen LogP contribution in [0.4, 0.5) is 5.69 Å². The largest absolute Gasteiger partial charge is 0.854 e. The Morgan fingerprint density at radius 2 is 2.11 bits per heavy atom. The number of aromatic nitrogens is 4. The van der Waals surface area contributed by atoms with E-state index in [1.54, 1.807) is 28.0 Å². The molecule has 0 N–H and O–H groups in total. The molecule has 0 aliphatic carbocycles. The Kier molecular flexibility index (Phi) is 4.95. The predicted molar refractivity (Wildman–Crippen MR) is 104 cm³/mol. The number of thioether (sulfide) groups is 1. The number of hydrogen-bond donors (Lipinski definition) is 0. The van der Waals surface area contributed by atoms with Gasteiger partial charge in [0, 0.05) is 30.2 Å². The number of para-hydroxylation sites is 1. The molecule has 0 bridgehead atoms. The Morgan fingerprint density at radius 3 is 2.82 bits per heavy atom. The number of pyridine rings is 1. The smallest absolute Gasteiger partial charge is 0.294 e. The second-order valence-corrected chi connectivity index (χ2v) is 7.47. The predicted octanol–water partition coefficient (Wildman–Crippen LogP) is 2.32. The minimum Gasteiger partial charge on any atom is -0.854 e. The van der Waals surface area contributed by atoms with Gasteiger partial charge in [0.15, 0.2) is 0 Å². The number of carbonyl (C=O) groups is 1. The lowest BCUT2D eigenvalue weighted by Crippen LogP contribution is -2.58. The summed E-state index contributed by atoms with van der Waals surface area (Å²) in [6.07, 6.45) is 3.70. The van der Waals surface area contributed by atoms with Gasteiger partial charge in [-0.2, -0.15) is 0 Å². The van der Waals surface area contributed by atoms with Crippen molar-refractivity contribution in [2.75, 3.05) is 10.7 Å². The quantitative estimate of drug-likeness (QED) is 0.499. The summed E-state index contributed by atoms with van der Waals surface area (Å²) >= 11 is 1.43. The molecule has 0 spiro atoms. The third-order valence-corrected chi connectivity index (χ3v) is 5.52. The van der Waals surface area contributed by atoms with E-state index in [1.165, 1.54) is 18.7 Å². The van der Waals surface area contributed by atoms with Gasteiger partial charge in [-0.25, -0.2) is 9.88 Å². The Morgan fingerprint density at radius 1 is 1.29 bits per heavy atom. The van der Waals surface area contributed by atoms with Crippen molar-refractivity contribution in [3.63, 3.8) is 0 Å². The van der Waals surface area contributed by atoms with Crippen LogP contribution >= 0.6 is 11.8 Å². The van der Waals surface area contributed by atoms with Crippen LogP contribution in [0.1, 0.15) is 32.0 Å². The van der Waals surface area contributed by atoms with Gasteiger partial charge in [-0.1, -0.05) is 35.5 Å². The summed E-state index contributed by atoms with van der Waals surface area (Å²) in [5.74, 6) is 0.315. The first-order valence-corrected chi connectivity index (χ1v) is 10.0. The van der Waals surface area contributed by atoms with E-state index >= 15 is 0 Å². The van der Waals surface area contributed by atoms with Gasteiger partial charge >= 0.3 is 0 Å². The molecule has 3 aromatic rings. The molecule has 8 heteroatoms. The number of hydrogen-bond acceptors (Lipinski definition) is 6. The summed E-state index contributed by atoms with van der Waals surface area (Å²) in [7, 11) is 0. The maximum absolute atomic E-state index is 13.0. The van der Waals surface area contributed by atoms with E-state index in [0.717, 1.165) is 17.7 Å². The molecule has 7 nitrogen and oxygen atoms in total. The van der Waals surface area contributed by atoms with Gasteiger partial charge in [-0.05, 0) is 30.7 Å². The van der Waals surface area contributed by atoms with E-state index in [2.05, 4.69) is 22.0 Å². The van der Waals surface area contributed by atoms with Gasteiger partial charge in [-0.3, -0.25) is 9.78 Å². The lowest BCUT2D eigenvalue weighted by atomic mass is 10.0. The van der Waals surface area contributed by atoms with Crippen LogP contribution in [0.3, 0.4) is 0 Å². The molecule has 0 saturated heterocycles. The molecule has 142 valence electrons. The molecule has 0 radical (unpaired) electrons. The van der Waals surface area contributed by atoms with E-state index in [-0.39, 0.29) is 11.8 Å². The van der Waals surface area contributed by atoms with Crippen LogP contribution in [-0.4, -0.2) is 26.7 Å². The molecule has 0 fully saturated rings. The Hall–Kier alpha value is -3.00. The fraction of sp³-hybridized carbons (Fsp3) is 0.250. The van der Waals surface area contributed by atoms with Gasteiger partial charge in [0.25, 0.3) is 17.0 Å². The van der Waals surface area contributed by atoms with Crippen molar-refractivity contribution in [3.05, 3.63) is 54.4 Å². The molecule has 2 aromatic heterocycles. The highest BCUT2D eigenvalue weighted by molar-refractivity contribution is 7.99. The highest BCUT2D eigenvalue weighted by atomic mass is 32.2. The fourth-order valence-electron chi connectivity index (χ4n) is 3.36. The van der Waals surface area contributed by atoms with E-state index < -0.39 is 6.17 Å². The molecule has 3 heterocycles. The molecule has 1 aliphatic rings. The molecule has 1 aliphatic heterocycles. The zero-order chi connectivity index (χ0) is 19.7. The fourth-order valence-corrected chi connectivity index (χ4v) is 4.04. The Balaban J connectivity index is 2.01. The standard InChI is InChI=1S/C20H19N5O2S/c1-3-11-28-20-22-18(27)17-15-8-4-5-9-16(15)24(13(2)26)19(25(17)23-20)14-7-6-10-21-12-14/h4-10,12,19H,3,11H2,1-2H3. The first kappa shape index (κ1) is 18.4. The first-order chi connectivity index (χ1) is 13.6. The maximum Gasteiger partial charge on any atom is 0.294 e. The number of amides is 1. The average molecular weight is 393 g/mol. The minimum absolute atomic E-state index is 0.145. The molecule has 1 aromatic carbocycles. The molecular formula is C20H19N5O2S. The lowest BCUT2D eigenvalue weighted by molar-refractivity contribution is -0.764. The van der Waals surface area contributed by atoms with Crippen LogP contribution < -0.4 is 14.7 Å². The third kappa shape index (κ3) is 3.09. The maximum atomic E-state index is 13.0. The van der Waals surface area contributed by atoms with Crippen LogP contribution in [0.5, 0.6) is 5.88 Å². The van der Waals surface area contributed by atoms with Gasteiger partial charge in [0.1, 0.15) is 0 Å². The van der Waals surface area contributed by atoms with Crippen LogP contribution in [-0.2, 0) is 4.79 Å². The Labute approximate surface area is 167 Å². The monoisotopic (exact) mass is 393 g/mol. The zero-order valence-electron chi connectivity index (χ0n) is 15.6.